The monoisotopic (exact) mass is 162 g/mol. The summed E-state index contributed by atoms with van der Waals surface area (Å²) < 4.78 is 0. The topological polar surface area (TPSA) is 72.3 Å². The minimum absolute atomic E-state index is 0.107. The molecule has 3 unspecified atom stereocenters. The third-order valence-electron chi connectivity index (χ3n) is 2.24. The molecule has 5 N–H and O–H groups in total. The number of hydrogen-bond donors (Lipinski definition) is 3. The van der Waals surface area contributed by atoms with Gasteiger partial charge in [-0.2, -0.15) is 0 Å². The number of rotatable bonds is 3. The van der Waals surface area contributed by atoms with Crippen molar-refractivity contribution in [2.75, 3.05) is 0 Å². The zero-order valence-electron chi connectivity index (χ0n) is 6.96. The van der Waals surface area contributed by atoms with Gasteiger partial charge in [0, 0.05) is 11.2 Å². The molecule has 3 atom stereocenters. The average Bonchev–Trinajstić information content (AvgIpc) is 1.85. The van der Waals surface area contributed by atoms with E-state index in [1.165, 1.54) is 0 Å². The minimum atomic E-state index is -1.81. The summed E-state index contributed by atoms with van der Waals surface area (Å²) in [6, 6.07) is -0.107. The highest BCUT2D eigenvalue weighted by Crippen LogP contribution is 2.12. The van der Waals surface area contributed by atoms with Crippen LogP contribution in [0.2, 0.25) is 6.55 Å². The van der Waals surface area contributed by atoms with E-state index in [1.807, 2.05) is 20.4 Å². The van der Waals surface area contributed by atoms with Crippen molar-refractivity contribution >= 4 is 9.04 Å². The molecular weight excluding hydrogens is 144 g/mol. The molecule has 0 aliphatic heterocycles. The summed E-state index contributed by atoms with van der Waals surface area (Å²) in [4.78, 5) is 9.38. The molecule has 0 aliphatic rings. The summed E-state index contributed by atoms with van der Waals surface area (Å²) in [5, 5.41) is -0.486. The average molecular weight is 162 g/mol. The van der Waals surface area contributed by atoms with Crippen LogP contribution in [0.1, 0.15) is 20.3 Å². The van der Waals surface area contributed by atoms with Gasteiger partial charge in [-0.1, -0.05) is 6.92 Å². The molecule has 4 heteroatoms. The molecule has 62 valence electrons. The van der Waals surface area contributed by atoms with E-state index in [0.717, 1.165) is 6.42 Å². The maximum Gasteiger partial charge on any atom is 0.190 e. The largest absolute Gasteiger partial charge is 0.433 e. The van der Waals surface area contributed by atoms with Gasteiger partial charge < -0.3 is 16.3 Å². The van der Waals surface area contributed by atoms with E-state index < -0.39 is 14.2 Å². The van der Waals surface area contributed by atoms with E-state index in [0.29, 0.717) is 0 Å². The number of hydrogen-bond acceptors (Lipinski definition) is 3. The predicted octanol–water partition coefficient (Wildman–Crippen LogP) is -0.674. The van der Waals surface area contributed by atoms with Gasteiger partial charge in [0.15, 0.2) is 9.04 Å². The third kappa shape index (κ3) is 1.79. The standard InChI is InChI=1S/C6H18N2OSi/c1-4-6(8,5(2)7)10(3)9/h5,9-10H,4,7-8H2,1-3H3. The Kier molecular flexibility index (Phi) is 3.51. The summed E-state index contributed by atoms with van der Waals surface area (Å²) in [6.07, 6.45) is 0.758. The molecular formula is C6H18N2OSi. The fraction of sp³-hybridized carbons (Fsp3) is 1.00. The van der Waals surface area contributed by atoms with Crippen LogP contribution in [0.4, 0.5) is 0 Å². The number of nitrogens with two attached hydrogens (primary N) is 2. The van der Waals surface area contributed by atoms with Gasteiger partial charge in [-0.25, -0.2) is 0 Å². The Labute approximate surface area is 64.1 Å². The second-order valence-corrected chi connectivity index (χ2v) is 5.36. The first-order chi connectivity index (χ1) is 4.45. The van der Waals surface area contributed by atoms with E-state index in [-0.39, 0.29) is 6.04 Å². The van der Waals surface area contributed by atoms with Gasteiger partial charge in [0.25, 0.3) is 0 Å². The Bertz CT molecular complexity index is 97.9. The third-order valence-corrected chi connectivity index (χ3v) is 4.73. The molecule has 0 aliphatic carbocycles. The van der Waals surface area contributed by atoms with E-state index >= 15 is 0 Å². The van der Waals surface area contributed by atoms with Crippen LogP contribution < -0.4 is 11.5 Å². The molecule has 0 aromatic carbocycles. The van der Waals surface area contributed by atoms with Crippen molar-refractivity contribution in [2.45, 2.75) is 38.0 Å². The molecule has 0 fully saturated rings. The lowest BCUT2D eigenvalue weighted by molar-refractivity contribution is 0.409. The van der Waals surface area contributed by atoms with Crippen molar-refractivity contribution in [2.24, 2.45) is 11.5 Å². The molecule has 0 bridgehead atoms. The summed E-state index contributed by atoms with van der Waals surface area (Å²) in [6.45, 7) is 5.62. The van der Waals surface area contributed by atoms with Gasteiger partial charge in [0.1, 0.15) is 0 Å². The van der Waals surface area contributed by atoms with Crippen molar-refractivity contribution < 1.29 is 4.80 Å². The molecule has 0 spiro atoms. The van der Waals surface area contributed by atoms with Gasteiger partial charge in [-0.3, -0.25) is 0 Å². The zero-order chi connectivity index (χ0) is 8.36. The van der Waals surface area contributed by atoms with Gasteiger partial charge in [0.2, 0.25) is 0 Å². The van der Waals surface area contributed by atoms with Crippen LogP contribution in [0, 0.1) is 0 Å². The van der Waals surface area contributed by atoms with Crippen molar-refractivity contribution in [1.29, 1.82) is 0 Å². The smallest absolute Gasteiger partial charge is 0.190 e. The van der Waals surface area contributed by atoms with Crippen molar-refractivity contribution in [3.63, 3.8) is 0 Å². The molecule has 0 saturated carbocycles. The normalized spacial score (nSPS) is 23.4. The van der Waals surface area contributed by atoms with E-state index in [9.17, 15) is 4.80 Å². The van der Waals surface area contributed by atoms with E-state index in [2.05, 4.69) is 0 Å². The first-order valence-corrected chi connectivity index (χ1v) is 5.92. The van der Waals surface area contributed by atoms with Crippen LogP contribution >= 0.6 is 0 Å². The molecule has 0 saturated heterocycles. The maximum atomic E-state index is 9.38. The summed E-state index contributed by atoms with van der Waals surface area (Å²) in [5.74, 6) is 0. The SMILES string of the molecule is CCC(N)(C(C)N)[SiH](C)O. The van der Waals surface area contributed by atoms with E-state index in [4.69, 9.17) is 11.5 Å². The Morgan fingerprint density at radius 3 is 2.10 bits per heavy atom. The van der Waals surface area contributed by atoms with Crippen molar-refractivity contribution in [3.05, 3.63) is 0 Å². The van der Waals surface area contributed by atoms with Crippen molar-refractivity contribution in [1.82, 2.24) is 0 Å². The Morgan fingerprint density at radius 1 is 1.70 bits per heavy atom. The first kappa shape index (κ1) is 10.1. The Hall–Kier alpha value is 0.0969. The molecule has 3 nitrogen and oxygen atoms in total. The second kappa shape index (κ2) is 3.48. The predicted molar refractivity (Wildman–Crippen MR) is 46.1 cm³/mol. The lowest BCUT2D eigenvalue weighted by Gasteiger charge is -2.33. The minimum Gasteiger partial charge on any atom is -0.433 e. The van der Waals surface area contributed by atoms with Crippen molar-refractivity contribution in [3.8, 4) is 0 Å². The van der Waals surface area contributed by atoms with E-state index in [1.54, 1.807) is 0 Å². The van der Waals surface area contributed by atoms with Gasteiger partial charge >= 0.3 is 0 Å². The summed E-state index contributed by atoms with van der Waals surface area (Å²) in [5.41, 5.74) is 11.5. The van der Waals surface area contributed by atoms with Crippen LogP contribution in [-0.4, -0.2) is 25.0 Å². The lowest BCUT2D eigenvalue weighted by atomic mass is 10.1. The quantitative estimate of drug-likeness (QED) is 0.482. The first-order valence-electron chi connectivity index (χ1n) is 3.67. The van der Waals surface area contributed by atoms with Gasteiger partial charge in [-0.05, 0) is 19.9 Å². The maximum absolute atomic E-state index is 9.38. The fourth-order valence-electron chi connectivity index (χ4n) is 0.998. The zero-order valence-corrected chi connectivity index (χ0v) is 8.12. The molecule has 0 aromatic heterocycles. The Balaban J connectivity index is 4.23. The molecule has 0 heterocycles. The van der Waals surface area contributed by atoms with Crippen LogP contribution in [-0.2, 0) is 0 Å². The van der Waals surface area contributed by atoms with Crippen LogP contribution in [0.5, 0.6) is 0 Å². The van der Waals surface area contributed by atoms with Crippen LogP contribution in [0.3, 0.4) is 0 Å². The summed E-state index contributed by atoms with van der Waals surface area (Å²) >= 11 is 0. The highest BCUT2D eigenvalue weighted by atomic mass is 28.3. The highest BCUT2D eigenvalue weighted by molar-refractivity contribution is 6.53. The molecule has 0 aromatic rings. The summed E-state index contributed by atoms with van der Waals surface area (Å²) in [7, 11) is -1.81. The van der Waals surface area contributed by atoms with Gasteiger partial charge in [-0.15, -0.1) is 0 Å². The highest BCUT2D eigenvalue weighted by Gasteiger charge is 2.34. The Morgan fingerprint density at radius 2 is 2.10 bits per heavy atom. The molecule has 10 heavy (non-hydrogen) atoms. The van der Waals surface area contributed by atoms with Crippen LogP contribution in [0.25, 0.3) is 0 Å². The van der Waals surface area contributed by atoms with Crippen LogP contribution in [0.15, 0.2) is 0 Å². The lowest BCUT2D eigenvalue weighted by Crippen LogP contribution is -2.62. The molecule has 0 radical (unpaired) electrons. The van der Waals surface area contributed by atoms with Gasteiger partial charge in [0.05, 0.1) is 0 Å². The molecule has 0 amide bonds. The second-order valence-electron chi connectivity index (χ2n) is 2.93. The fourth-order valence-corrected chi connectivity index (χ4v) is 2.35. The molecule has 0 rings (SSSR count).